The van der Waals surface area contributed by atoms with Crippen LogP contribution in [0.5, 0.6) is 0 Å². The van der Waals surface area contributed by atoms with Crippen LogP contribution in [0.15, 0.2) is 24.3 Å². The van der Waals surface area contributed by atoms with E-state index in [9.17, 15) is 4.39 Å². The van der Waals surface area contributed by atoms with E-state index >= 15 is 0 Å². The van der Waals surface area contributed by atoms with Crippen LogP contribution in [-0.2, 0) is 0 Å². The van der Waals surface area contributed by atoms with Crippen molar-refractivity contribution in [1.29, 1.82) is 0 Å². The highest BCUT2D eigenvalue weighted by atomic mass is 35.5. The van der Waals surface area contributed by atoms with Gasteiger partial charge in [0.25, 0.3) is 0 Å². The maximum Gasteiger partial charge on any atom is 0.119 e. The summed E-state index contributed by atoms with van der Waals surface area (Å²) in [5, 5.41) is 3.08. The normalized spacial score (nSPS) is 25.7. The monoisotopic (exact) mass is 229 g/mol. The summed E-state index contributed by atoms with van der Waals surface area (Å²) in [7, 11) is 0. The van der Waals surface area contributed by atoms with E-state index in [0.29, 0.717) is 6.54 Å². The molecule has 15 heavy (non-hydrogen) atoms. The minimum Gasteiger partial charge on any atom is -0.314 e. The number of alkyl halides is 1. The van der Waals surface area contributed by atoms with Crippen LogP contribution in [0.1, 0.15) is 23.5 Å². The first-order chi connectivity index (χ1) is 6.79. The molecular formula is C12H17ClFN. The Morgan fingerprint density at radius 3 is 2.73 bits per heavy atom. The van der Waals surface area contributed by atoms with E-state index in [1.165, 1.54) is 11.1 Å². The molecule has 0 radical (unpaired) electrons. The van der Waals surface area contributed by atoms with Gasteiger partial charge in [-0.3, -0.25) is 0 Å². The summed E-state index contributed by atoms with van der Waals surface area (Å²) in [5.74, 6) is 0.0949. The van der Waals surface area contributed by atoms with Crippen molar-refractivity contribution in [2.75, 3.05) is 13.1 Å². The molecule has 1 heterocycles. The number of halogens is 2. The molecule has 3 heteroatoms. The van der Waals surface area contributed by atoms with Crippen molar-refractivity contribution >= 4 is 12.4 Å². The fourth-order valence-electron chi connectivity index (χ4n) is 2.17. The fourth-order valence-corrected chi connectivity index (χ4v) is 2.17. The van der Waals surface area contributed by atoms with Gasteiger partial charge in [0.2, 0.25) is 0 Å². The average molecular weight is 230 g/mol. The highest BCUT2D eigenvalue weighted by Crippen LogP contribution is 2.29. The molecule has 1 N–H and O–H groups in total. The highest BCUT2D eigenvalue weighted by molar-refractivity contribution is 5.85. The molecule has 1 aromatic carbocycles. The summed E-state index contributed by atoms with van der Waals surface area (Å²) < 4.78 is 13.7. The SMILES string of the molecule is Cc1ccccc1[C@H]1CCNC[C@@H]1F.Cl. The summed E-state index contributed by atoms with van der Waals surface area (Å²) in [6.07, 6.45) is 0.177. The van der Waals surface area contributed by atoms with Gasteiger partial charge in [0.15, 0.2) is 0 Å². The van der Waals surface area contributed by atoms with Gasteiger partial charge in [0, 0.05) is 12.5 Å². The van der Waals surface area contributed by atoms with Gasteiger partial charge in [0.05, 0.1) is 0 Å². The molecule has 0 aliphatic carbocycles. The first kappa shape index (κ1) is 12.5. The molecule has 0 unspecified atom stereocenters. The molecule has 1 aliphatic rings. The average Bonchev–Trinajstić information content (AvgIpc) is 2.20. The zero-order valence-electron chi connectivity index (χ0n) is 8.87. The lowest BCUT2D eigenvalue weighted by atomic mass is 9.86. The second-order valence-corrected chi connectivity index (χ2v) is 3.97. The van der Waals surface area contributed by atoms with Crippen LogP contribution >= 0.6 is 12.4 Å². The summed E-state index contributed by atoms with van der Waals surface area (Å²) in [6.45, 7) is 3.49. The van der Waals surface area contributed by atoms with Crippen molar-refractivity contribution in [1.82, 2.24) is 5.32 Å². The Labute approximate surface area is 96.5 Å². The van der Waals surface area contributed by atoms with Crippen molar-refractivity contribution in [2.45, 2.75) is 25.4 Å². The Morgan fingerprint density at radius 1 is 1.33 bits per heavy atom. The minimum atomic E-state index is -0.732. The number of rotatable bonds is 1. The number of hydrogen-bond donors (Lipinski definition) is 1. The second-order valence-electron chi connectivity index (χ2n) is 3.97. The lowest BCUT2D eigenvalue weighted by Crippen LogP contribution is -2.36. The topological polar surface area (TPSA) is 12.0 Å². The van der Waals surface area contributed by atoms with Gasteiger partial charge >= 0.3 is 0 Å². The van der Waals surface area contributed by atoms with Crippen molar-refractivity contribution in [3.05, 3.63) is 35.4 Å². The molecular weight excluding hydrogens is 213 g/mol. The van der Waals surface area contributed by atoms with E-state index in [4.69, 9.17) is 0 Å². The van der Waals surface area contributed by atoms with E-state index < -0.39 is 6.17 Å². The molecule has 1 saturated heterocycles. The smallest absolute Gasteiger partial charge is 0.119 e. The minimum absolute atomic E-state index is 0. The lowest BCUT2D eigenvalue weighted by Gasteiger charge is -2.28. The third-order valence-electron chi connectivity index (χ3n) is 3.00. The zero-order valence-corrected chi connectivity index (χ0v) is 9.69. The third-order valence-corrected chi connectivity index (χ3v) is 3.00. The Balaban J connectivity index is 0.00000112. The largest absolute Gasteiger partial charge is 0.314 e. The lowest BCUT2D eigenvalue weighted by molar-refractivity contribution is 0.231. The molecule has 1 nitrogen and oxygen atoms in total. The van der Waals surface area contributed by atoms with Crippen LogP contribution in [0.25, 0.3) is 0 Å². The molecule has 1 aliphatic heterocycles. The standard InChI is InChI=1S/C12H16FN.ClH/c1-9-4-2-3-5-10(9)11-6-7-14-8-12(11)13;/h2-5,11-12,14H,6-8H2,1H3;1H/t11-,12+;/m1./s1. The second kappa shape index (κ2) is 5.47. The quantitative estimate of drug-likeness (QED) is 0.781. The summed E-state index contributed by atoms with van der Waals surface area (Å²) >= 11 is 0. The molecule has 0 spiro atoms. The molecule has 0 aromatic heterocycles. The number of benzene rings is 1. The van der Waals surface area contributed by atoms with E-state index in [2.05, 4.69) is 24.4 Å². The number of nitrogens with one attached hydrogen (secondary N) is 1. The zero-order chi connectivity index (χ0) is 9.97. The van der Waals surface area contributed by atoms with E-state index in [1.54, 1.807) is 0 Å². The molecule has 2 atom stereocenters. The summed E-state index contributed by atoms with van der Waals surface area (Å²) in [6, 6.07) is 8.12. The van der Waals surface area contributed by atoms with E-state index in [-0.39, 0.29) is 18.3 Å². The van der Waals surface area contributed by atoms with Crippen LogP contribution in [0.2, 0.25) is 0 Å². The van der Waals surface area contributed by atoms with E-state index in [1.807, 2.05) is 12.1 Å². The van der Waals surface area contributed by atoms with Gasteiger partial charge < -0.3 is 5.32 Å². The van der Waals surface area contributed by atoms with Gasteiger partial charge in [-0.2, -0.15) is 0 Å². The maximum absolute atomic E-state index is 13.7. The van der Waals surface area contributed by atoms with Gasteiger partial charge in [-0.1, -0.05) is 24.3 Å². The first-order valence-electron chi connectivity index (χ1n) is 5.19. The van der Waals surface area contributed by atoms with Crippen LogP contribution in [-0.4, -0.2) is 19.3 Å². The number of piperidine rings is 1. The van der Waals surface area contributed by atoms with Crippen LogP contribution in [0.3, 0.4) is 0 Å². The van der Waals surface area contributed by atoms with Gasteiger partial charge in [0.1, 0.15) is 6.17 Å². The number of hydrogen-bond acceptors (Lipinski definition) is 1. The van der Waals surface area contributed by atoms with Crippen LogP contribution < -0.4 is 5.32 Å². The van der Waals surface area contributed by atoms with E-state index in [0.717, 1.165) is 13.0 Å². The van der Waals surface area contributed by atoms with Gasteiger partial charge in [-0.05, 0) is 31.0 Å². The molecule has 2 rings (SSSR count). The number of aryl methyl sites for hydroxylation is 1. The molecule has 0 saturated carbocycles. The summed E-state index contributed by atoms with van der Waals surface area (Å²) in [5.41, 5.74) is 2.39. The van der Waals surface area contributed by atoms with Crippen molar-refractivity contribution in [2.24, 2.45) is 0 Å². The van der Waals surface area contributed by atoms with Crippen molar-refractivity contribution < 1.29 is 4.39 Å². The Hall–Kier alpha value is -0.600. The molecule has 1 aromatic rings. The van der Waals surface area contributed by atoms with Crippen LogP contribution in [0, 0.1) is 6.92 Å². The Morgan fingerprint density at radius 2 is 2.07 bits per heavy atom. The highest BCUT2D eigenvalue weighted by Gasteiger charge is 2.26. The van der Waals surface area contributed by atoms with Crippen LogP contribution in [0.4, 0.5) is 4.39 Å². The van der Waals surface area contributed by atoms with Gasteiger partial charge in [-0.25, -0.2) is 4.39 Å². The maximum atomic E-state index is 13.7. The first-order valence-corrected chi connectivity index (χ1v) is 5.19. The third kappa shape index (κ3) is 2.70. The van der Waals surface area contributed by atoms with Gasteiger partial charge in [-0.15, -0.1) is 12.4 Å². The Bertz CT molecular complexity index is 316. The fraction of sp³-hybridized carbons (Fsp3) is 0.500. The molecule has 0 amide bonds. The molecule has 1 fully saturated rings. The van der Waals surface area contributed by atoms with Crippen molar-refractivity contribution in [3.8, 4) is 0 Å². The molecule has 0 bridgehead atoms. The molecule has 84 valence electrons. The Kier molecular flexibility index (Phi) is 4.55. The summed E-state index contributed by atoms with van der Waals surface area (Å²) in [4.78, 5) is 0. The predicted octanol–water partition coefficient (Wildman–Crippen LogP) is 2.83. The van der Waals surface area contributed by atoms with Crippen molar-refractivity contribution in [3.63, 3.8) is 0 Å². The predicted molar refractivity (Wildman–Crippen MR) is 63.6 cm³/mol.